The molecule has 24 heavy (non-hydrogen) atoms. The minimum Gasteiger partial charge on any atom is -0.468 e. The van der Waals surface area contributed by atoms with Crippen LogP contribution in [0.15, 0.2) is 18.3 Å². The van der Waals surface area contributed by atoms with E-state index in [-0.39, 0.29) is 17.8 Å². The summed E-state index contributed by atoms with van der Waals surface area (Å²) < 4.78 is 40.9. The number of ether oxygens (including phenoxy) is 1. The van der Waals surface area contributed by atoms with Gasteiger partial charge in [-0.2, -0.15) is 13.2 Å². The summed E-state index contributed by atoms with van der Waals surface area (Å²) >= 11 is 0. The van der Waals surface area contributed by atoms with Crippen molar-refractivity contribution in [3.8, 4) is 5.88 Å². The van der Waals surface area contributed by atoms with Crippen molar-refractivity contribution >= 4 is 5.91 Å². The summed E-state index contributed by atoms with van der Waals surface area (Å²) in [5, 5.41) is 12.4. The van der Waals surface area contributed by atoms with Gasteiger partial charge in [0.2, 0.25) is 11.8 Å². The smallest absolute Gasteiger partial charge is 0.422 e. The summed E-state index contributed by atoms with van der Waals surface area (Å²) in [5.41, 5.74) is 0.537. The third-order valence-corrected chi connectivity index (χ3v) is 3.12. The summed E-state index contributed by atoms with van der Waals surface area (Å²) in [6.45, 7) is 4.67. The average molecular weight is 348 g/mol. The molecule has 0 spiro atoms. The third-order valence-electron chi connectivity index (χ3n) is 3.12. The van der Waals surface area contributed by atoms with Crippen LogP contribution in [0.3, 0.4) is 0 Å². The predicted octanol–water partition coefficient (Wildman–Crippen LogP) is 2.83. The van der Waals surface area contributed by atoms with Gasteiger partial charge in [0.15, 0.2) is 6.61 Å². The van der Waals surface area contributed by atoms with E-state index in [2.05, 4.69) is 15.0 Å². The van der Waals surface area contributed by atoms with Gasteiger partial charge in [-0.15, -0.1) is 0 Å². The number of rotatable bonds is 7. The van der Waals surface area contributed by atoms with Crippen molar-refractivity contribution < 1.29 is 27.8 Å². The average Bonchev–Trinajstić information content (AvgIpc) is 2.47. The Balaban J connectivity index is 2.48. The van der Waals surface area contributed by atoms with Crippen LogP contribution in [-0.4, -0.2) is 34.9 Å². The summed E-state index contributed by atoms with van der Waals surface area (Å²) in [5.74, 6) is -0.693. The van der Waals surface area contributed by atoms with Gasteiger partial charge in [0.1, 0.15) is 6.10 Å². The molecule has 1 unspecified atom stereocenters. The molecule has 1 aromatic heterocycles. The van der Waals surface area contributed by atoms with Crippen LogP contribution in [0.25, 0.3) is 0 Å². The number of nitrogens with zero attached hydrogens (tertiary/aromatic N) is 1. The number of nitrogens with one attached hydrogen (secondary N) is 1. The van der Waals surface area contributed by atoms with Gasteiger partial charge in [-0.05, 0) is 29.9 Å². The summed E-state index contributed by atoms with van der Waals surface area (Å²) in [7, 11) is 0. The second-order valence-electron chi connectivity index (χ2n) is 6.74. The monoisotopic (exact) mass is 348 g/mol. The number of carbonyl (C=O) groups excluding carboxylic acids is 1. The highest BCUT2D eigenvalue weighted by Gasteiger charge is 2.28. The molecule has 0 aliphatic heterocycles. The van der Waals surface area contributed by atoms with E-state index in [1.54, 1.807) is 6.07 Å². The molecule has 1 amide bonds. The Morgan fingerprint density at radius 1 is 1.38 bits per heavy atom. The quantitative estimate of drug-likeness (QED) is 0.795. The van der Waals surface area contributed by atoms with Gasteiger partial charge in [-0.1, -0.05) is 20.8 Å². The van der Waals surface area contributed by atoms with Crippen LogP contribution in [0.5, 0.6) is 5.88 Å². The normalized spacial score (nSPS) is 13.5. The first-order valence-corrected chi connectivity index (χ1v) is 7.56. The Hall–Kier alpha value is -1.83. The first-order valence-electron chi connectivity index (χ1n) is 7.56. The van der Waals surface area contributed by atoms with E-state index < -0.39 is 24.8 Å². The van der Waals surface area contributed by atoms with Gasteiger partial charge in [-0.25, -0.2) is 4.98 Å². The standard InChI is InChI=1S/C16H23F3N2O3/c1-15(2,3)6-4-12(22)14(23)21-9-11-5-7-20-13(8-11)24-10-16(17,18)19/h5,7-8,12,22H,4,6,9-10H2,1-3H3,(H,21,23). The molecule has 1 heterocycles. The molecule has 0 aliphatic carbocycles. The van der Waals surface area contributed by atoms with E-state index in [1.165, 1.54) is 12.3 Å². The molecule has 136 valence electrons. The van der Waals surface area contributed by atoms with Crippen molar-refractivity contribution in [3.63, 3.8) is 0 Å². The number of aliphatic hydroxyl groups excluding tert-OH is 1. The van der Waals surface area contributed by atoms with Crippen LogP contribution in [0.1, 0.15) is 39.2 Å². The Labute approximate surface area is 139 Å². The van der Waals surface area contributed by atoms with Crippen molar-refractivity contribution in [2.75, 3.05) is 6.61 Å². The molecule has 8 heteroatoms. The van der Waals surface area contributed by atoms with Crippen molar-refractivity contribution in [2.24, 2.45) is 5.41 Å². The van der Waals surface area contributed by atoms with Crippen LogP contribution in [0.4, 0.5) is 13.2 Å². The topological polar surface area (TPSA) is 71.5 Å². The zero-order chi connectivity index (χ0) is 18.4. The number of hydrogen-bond acceptors (Lipinski definition) is 4. The number of hydrogen-bond donors (Lipinski definition) is 2. The predicted molar refractivity (Wildman–Crippen MR) is 82.3 cm³/mol. The molecule has 5 nitrogen and oxygen atoms in total. The van der Waals surface area contributed by atoms with Gasteiger partial charge in [-0.3, -0.25) is 4.79 Å². The summed E-state index contributed by atoms with van der Waals surface area (Å²) in [6.07, 6.45) is -3.24. The fourth-order valence-electron chi connectivity index (χ4n) is 1.80. The zero-order valence-electron chi connectivity index (χ0n) is 14.0. The minimum atomic E-state index is -4.44. The maximum absolute atomic E-state index is 12.1. The lowest BCUT2D eigenvalue weighted by molar-refractivity contribution is -0.154. The maximum atomic E-state index is 12.1. The van der Waals surface area contributed by atoms with Gasteiger partial charge in [0.05, 0.1) is 0 Å². The molecule has 1 rings (SSSR count). The van der Waals surface area contributed by atoms with Crippen molar-refractivity contribution in [2.45, 2.75) is 52.4 Å². The fraction of sp³-hybridized carbons (Fsp3) is 0.625. The van der Waals surface area contributed by atoms with E-state index in [4.69, 9.17) is 0 Å². The molecule has 0 saturated heterocycles. The van der Waals surface area contributed by atoms with Crippen LogP contribution in [0.2, 0.25) is 0 Å². The first kappa shape index (κ1) is 20.2. The van der Waals surface area contributed by atoms with Crippen LogP contribution in [0, 0.1) is 5.41 Å². The lowest BCUT2D eigenvalue weighted by Gasteiger charge is -2.20. The second-order valence-corrected chi connectivity index (χ2v) is 6.74. The Morgan fingerprint density at radius 2 is 2.04 bits per heavy atom. The largest absolute Gasteiger partial charge is 0.468 e. The van der Waals surface area contributed by atoms with Gasteiger partial charge in [0, 0.05) is 18.8 Å². The number of amides is 1. The minimum absolute atomic E-state index is 0.0110. The van der Waals surface area contributed by atoms with Gasteiger partial charge >= 0.3 is 6.18 Å². The molecular weight excluding hydrogens is 325 g/mol. The number of pyridine rings is 1. The highest BCUT2D eigenvalue weighted by atomic mass is 19.4. The van der Waals surface area contributed by atoms with Gasteiger partial charge in [0.25, 0.3) is 0 Å². The SMILES string of the molecule is CC(C)(C)CCC(O)C(=O)NCc1ccnc(OCC(F)(F)F)c1. The van der Waals surface area contributed by atoms with Crippen molar-refractivity contribution in [1.82, 2.24) is 10.3 Å². The van der Waals surface area contributed by atoms with Gasteiger partial charge < -0.3 is 15.2 Å². The van der Waals surface area contributed by atoms with E-state index in [0.29, 0.717) is 18.4 Å². The van der Waals surface area contributed by atoms with E-state index >= 15 is 0 Å². The maximum Gasteiger partial charge on any atom is 0.422 e. The molecule has 0 aromatic carbocycles. The highest BCUT2D eigenvalue weighted by molar-refractivity contribution is 5.80. The number of aromatic nitrogens is 1. The van der Waals surface area contributed by atoms with Crippen LogP contribution in [-0.2, 0) is 11.3 Å². The zero-order valence-corrected chi connectivity index (χ0v) is 14.0. The third kappa shape index (κ3) is 8.71. The molecule has 0 saturated carbocycles. The number of aliphatic hydroxyl groups is 1. The molecule has 0 fully saturated rings. The molecule has 0 radical (unpaired) electrons. The first-order chi connectivity index (χ1) is 11.0. The van der Waals surface area contributed by atoms with E-state index in [1.807, 2.05) is 20.8 Å². The lowest BCUT2D eigenvalue weighted by Crippen LogP contribution is -2.34. The fourth-order valence-corrected chi connectivity index (χ4v) is 1.80. The summed E-state index contributed by atoms with van der Waals surface area (Å²) in [6, 6.07) is 2.86. The highest BCUT2D eigenvalue weighted by Crippen LogP contribution is 2.21. The molecule has 0 aliphatic rings. The molecular formula is C16H23F3N2O3. The number of halogens is 3. The number of alkyl halides is 3. The lowest BCUT2D eigenvalue weighted by atomic mass is 9.89. The summed E-state index contributed by atoms with van der Waals surface area (Å²) in [4.78, 5) is 15.5. The Bertz CT molecular complexity index is 542. The van der Waals surface area contributed by atoms with Crippen molar-refractivity contribution in [1.29, 1.82) is 0 Å². The van der Waals surface area contributed by atoms with E-state index in [9.17, 15) is 23.1 Å². The number of carbonyl (C=O) groups is 1. The Kier molecular flexibility index (Phi) is 7.01. The molecule has 2 N–H and O–H groups in total. The molecule has 0 bridgehead atoms. The van der Waals surface area contributed by atoms with Crippen molar-refractivity contribution in [3.05, 3.63) is 23.9 Å². The van der Waals surface area contributed by atoms with Crippen LogP contribution >= 0.6 is 0 Å². The molecule has 1 aromatic rings. The molecule has 1 atom stereocenters. The van der Waals surface area contributed by atoms with Crippen LogP contribution < -0.4 is 10.1 Å². The van der Waals surface area contributed by atoms with E-state index in [0.717, 1.165) is 0 Å². The second kappa shape index (κ2) is 8.32. The Morgan fingerprint density at radius 3 is 2.62 bits per heavy atom.